The van der Waals surface area contributed by atoms with Gasteiger partial charge in [0, 0.05) is 0 Å². The zero-order valence-corrected chi connectivity index (χ0v) is 28.7. The third-order valence-corrected chi connectivity index (χ3v) is 11.7. The molecule has 11 aromatic carbocycles. The van der Waals surface area contributed by atoms with Crippen molar-refractivity contribution in [3.8, 4) is 22.3 Å². The van der Waals surface area contributed by atoms with Crippen LogP contribution in [0.15, 0.2) is 133 Å². The molecular formula is C50H34. The summed E-state index contributed by atoms with van der Waals surface area (Å²) < 4.78 is 0. The fraction of sp³-hybridized carbons (Fsp3) is 0.0800. The van der Waals surface area contributed by atoms with E-state index in [2.05, 4.69) is 161 Å². The Kier molecular flexibility index (Phi) is 5.47. The molecule has 0 aliphatic heterocycles. The maximum atomic E-state index is 2.52. The highest BCUT2D eigenvalue weighted by atomic mass is 14.2. The van der Waals surface area contributed by atoms with Crippen LogP contribution >= 0.6 is 0 Å². The molecule has 0 spiro atoms. The lowest BCUT2D eigenvalue weighted by Crippen LogP contribution is -1.87. The molecule has 0 fully saturated rings. The minimum absolute atomic E-state index is 1.26. The van der Waals surface area contributed by atoms with Gasteiger partial charge in [-0.25, -0.2) is 0 Å². The molecule has 0 aliphatic rings. The Morgan fingerprint density at radius 1 is 0.220 bits per heavy atom. The van der Waals surface area contributed by atoms with Crippen LogP contribution in [0.2, 0.25) is 0 Å². The molecule has 11 aromatic rings. The van der Waals surface area contributed by atoms with Gasteiger partial charge in [-0.05, 0) is 172 Å². The highest BCUT2D eigenvalue weighted by Gasteiger charge is 2.21. The summed E-state index contributed by atoms with van der Waals surface area (Å²) in [5.74, 6) is 0. The summed E-state index contributed by atoms with van der Waals surface area (Å²) in [5, 5.41) is 21.7. The fourth-order valence-electron chi connectivity index (χ4n) is 9.21. The van der Waals surface area contributed by atoms with Gasteiger partial charge in [0.1, 0.15) is 0 Å². The van der Waals surface area contributed by atoms with Crippen LogP contribution in [0, 0.1) is 27.7 Å². The molecule has 234 valence electrons. The third kappa shape index (κ3) is 3.66. The van der Waals surface area contributed by atoms with E-state index in [9.17, 15) is 0 Å². The van der Waals surface area contributed by atoms with E-state index in [1.165, 1.54) is 131 Å². The minimum atomic E-state index is 1.26. The van der Waals surface area contributed by atoms with E-state index in [0.717, 1.165) is 0 Å². The molecule has 50 heavy (non-hydrogen) atoms. The lowest BCUT2D eigenvalue weighted by molar-refractivity contribution is 1.47. The van der Waals surface area contributed by atoms with Gasteiger partial charge >= 0.3 is 0 Å². The average Bonchev–Trinajstić information content (AvgIpc) is 3.63. The van der Waals surface area contributed by atoms with Crippen molar-refractivity contribution in [2.45, 2.75) is 27.7 Å². The van der Waals surface area contributed by atoms with Crippen molar-refractivity contribution < 1.29 is 0 Å². The maximum absolute atomic E-state index is 2.52. The summed E-state index contributed by atoms with van der Waals surface area (Å²) in [6.07, 6.45) is 0. The Bertz CT molecular complexity index is 2970. The second kappa shape index (κ2) is 9.80. The van der Waals surface area contributed by atoms with E-state index < -0.39 is 0 Å². The van der Waals surface area contributed by atoms with Crippen LogP contribution in [0.4, 0.5) is 0 Å². The highest BCUT2D eigenvalue weighted by Crippen LogP contribution is 2.49. The molecule has 0 radical (unpaired) electrons. The molecule has 11 rings (SSSR count). The molecule has 0 heteroatoms. The first-order valence-corrected chi connectivity index (χ1v) is 17.8. The van der Waals surface area contributed by atoms with E-state index >= 15 is 0 Å². The van der Waals surface area contributed by atoms with Crippen LogP contribution < -0.4 is 0 Å². The van der Waals surface area contributed by atoms with Crippen molar-refractivity contribution in [2.75, 3.05) is 0 Å². The molecule has 0 heterocycles. The topological polar surface area (TPSA) is 0 Å². The number of aryl methyl sites for hydroxylation is 4. The minimum Gasteiger partial charge on any atom is -0.0587 e. The van der Waals surface area contributed by atoms with Gasteiger partial charge in [0.2, 0.25) is 0 Å². The Balaban J connectivity index is 1.29. The van der Waals surface area contributed by atoms with Crippen LogP contribution in [-0.4, -0.2) is 0 Å². The van der Waals surface area contributed by atoms with Crippen LogP contribution in [0.3, 0.4) is 0 Å². The van der Waals surface area contributed by atoms with Gasteiger partial charge in [0.15, 0.2) is 0 Å². The predicted molar refractivity (Wildman–Crippen MR) is 219 cm³/mol. The van der Waals surface area contributed by atoms with Crippen molar-refractivity contribution >= 4 is 86.2 Å². The van der Waals surface area contributed by atoms with E-state index in [1.807, 2.05) is 0 Å². The van der Waals surface area contributed by atoms with E-state index in [0.29, 0.717) is 0 Å². The molecular weight excluding hydrogens is 601 g/mol. The standard InChI is InChI=1S/C50H34/c1-27-5-11-31(12-6-27)33-15-19-35-37-17-9-29(3)47-39-21-22-40-44(43(39)25-45(49(37)47)41(35)23-33)26-46-42-24-34(32-13-7-28(2)8-14-32)16-20-36(42)38-18-10-30(4)48(40)50(38)46/h5-26H,1-4H3. The molecule has 0 aliphatic carbocycles. The van der Waals surface area contributed by atoms with Crippen molar-refractivity contribution in [1.82, 2.24) is 0 Å². The quantitative estimate of drug-likeness (QED) is 0.166. The summed E-state index contributed by atoms with van der Waals surface area (Å²) in [4.78, 5) is 0. The number of rotatable bonds is 2. The summed E-state index contributed by atoms with van der Waals surface area (Å²) in [6.45, 7) is 8.88. The van der Waals surface area contributed by atoms with Gasteiger partial charge in [-0.1, -0.05) is 120 Å². The first kappa shape index (κ1) is 27.9. The molecule has 0 N–H and O–H groups in total. The molecule has 0 saturated carbocycles. The Hall–Kier alpha value is -5.98. The molecule has 0 aromatic heterocycles. The van der Waals surface area contributed by atoms with Crippen molar-refractivity contribution in [2.24, 2.45) is 0 Å². The number of benzene rings is 9. The van der Waals surface area contributed by atoms with Crippen LogP contribution in [0.1, 0.15) is 22.3 Å². The van der Waals surface area contributed by atoms with Gasteiger partial charge < -0.3 is 0 Å². The van der Waals surface area contributed by atoms with Crippen molar-refractivity contribution in [3.63, 3.8) is 0 Å². The normalized spacial score (nSPS) is 12.4. The lowest BCUT2D eigenvalue weighted by Gasteiger charge is -2.14. The van der Waals surface area contributed by atoms with E-state index in [-0.39, 0.29) is 0 Å². The summed E-state index contributed by atoms with van der Waals surface area (Å²) in [6, 6.07) is 51.2. The van der Waals surface area contributed by atoms with Gasteiger partial charge in [-0.3, -0.25) is 0 Å². The van der Waals surface area contributed by atoms with E-state index in [1.54, 1.807) is 0 Å². The van der Waals surface area contributed by atoms with Crippen LogP contribution in [0.25, 0.3) is 108 Å². The monoisotopic (exact) mass is 634 g/mol. The molecule has 0 saturated heterocycles. The molecule has 0 unspecified atom stereocenters. The first-order valence-electron chi connectivity index (χ1n) is 17.8. The SMILES string of the molecule is Cc1ccc(-c2ccc3c(c2)c2cc4c5cc6c7cc(-c8ccc(C)cc8)ccc7c7ccc(C)c(c5ccc4c4c(C)ccc3c24)c76)cc1. The fourth-order valence-corrected chi connectivity index (χ4v) is 9.21. The number of hydrogen-bond acceptors (Lipinski definition) is 0. The largest absolute Gasteiger partial charge is 0.0587 e. The highest BCUT2D eigenvalue weighted by molar-refractivity contribution is 6.40. The Morgan fingerprint density at radius 2 is 0.540 bits per heavy atom. The Labute approximate surface area is 290 Å². The van der Waals surface area contributed by atoms with Gasteiger partial charge in [-0.2, -0.15) is 0 Å². The first-order chi connectivity index (χ1) is 24.4. The molecule has 0 nitrogen and oxygen atoms in total. The summed E-state index contributed by atoms with van der Waals surface area (Å²) in [7, 11) is 0. The summed E-state index contributed by atoms with van der Waals surface area (Å²) in [5.41, 5.74) is 10.3. The smallest absolute Gasteiger partial charge is 0.00172 e. The lowest BCUT2D eigenvalue weighted by atomic mass is 9.89. The third-order valence-electron chi connectivity index (χ3n) is 11.7. The number of fused-ring (bicyclic) bond motifs is 11. The van der Waals surface area contributed by atoms with Gasteiger partial charge in [0.25, 0.3) is 0 Å². The van der Waals surface area contributed by atoms with E-state index in [4.69, 9.17) is 0 Å². The van der Waals surface area contributed by atoms with Crippen molar-refractivity contribution in [1.29, 1.82) is 0 Å². The maximum Gasteiger partial charge on any atom is -0.00172 e. The second-order valence-electron chi connectivity index (χ2n) is 14.7. The Morgan fingerprint density at radius 3 is 0.960 bits per heavy atom. The average molecular weight is 635 g/mol. The zero-order chi connectivity index (χ0) is 33.4. The van der Waals surface area contributed by atoms with Crippen molar-refractivity contribution in [3.05, 3.63) is 156 Å². The van der Waals surface area contributed by atoms with Gasteiger partial charge in [0.05, 0.1) is 0 Å². The molecule has 0 bridgehead atoms. The molecule has 0 atom stereocenters. The van der Waals surface area contributed by atoms with Crippen LogP contribution in [-0.2, 0) is 0 Å². The van der Waals surface area contributed by atoms with Gasteiger partial charge in [-0.15, -0.1) is 0 Å². The summed E-state index contributed by atoms with van der Waals surface area (Å²) >= 11 is 0. The van der Waals surface area contributed by atoms with Crippen LogP contribution in [0.5, 0.6) is 0 Å². The predicted octanol–water partition coefficient (Wildman–Crippen LogP) is 14.4. The molecule has 0 amide bonds. The zero-order valence-electron chi connectivity index (χ0n) is 28.7. The second-order valence-corrected chi connectivity index (χ2v) is 14.7. The number of hydrogen-bond donors (Lipinski definition) is 0.